The van der Waals surface area contributed by atoms with Crippen molar-refractivity contribution in [3.63, 3.8) is 0 Å². The Morgan fingerprint density at radius 2 is 1.24 bits per heavy atom. The van der Waals surface area contributed by atoms with Crippen LogP contribution in [0.2, 0.25) is 0 Å². The van der Waals surface area contributed by atoms with Gasteiger partial charge in [0.2, 0.25) is 0 Å². The molecule has 0 bridgehead atoms. The van der Waals surface area contributed by atoms with Crippen LogP contribution in [-0.2, 0) is 14.3 Å². The van der Waals surface area contributed by atoms with Crippen molar-refractivity contribution < 1.29 is 24.5 Å². The molecule has 0 rings (SSSR count). The van der Waals surface area contributed by atoms with Crippen LogP contribution >= 0.6 is 0 Å². The average Bonchev–Trinajstić information content (AvgIpc) is 2.85. The van der Waals surface area contributed by atoms with Crippen LogP contribution in [0.3, 0.4) is 0 Å². The molecule has 0 aliphatic rings. The number of ether oxygens (including phenoxy) is 2. The monoisotopic (exact) mass is 486 g/mol. The van der Waals surface area contributed by atoms with Crippen molar-refractivity contribution >= 4 is 5.97 Å². The number of esters is 1. The highest BCUT2D eigenvalue weighted by Crippen LogP contribution is 2.12. The summed E-state index contributed by atoms with van der Waals surface area (Å²) in [5.41, 5.74) is 0. The molecule has 5 heteroatoms. The average molecular weight is 487 g/mol. The van der Waals surface area contributed by atoms with Crippen LogP contribution in [0.25, 0.3) is 0 Å². The van der Waals surface area contributed by atoms with Gasteiger partial charge in [-0.05, 0) is 19.8 Å². The first-order chi connectivity index (χ1) is 16.5. The first-order valence-electron chi connectivity index (χ1n) is 14.2. The normalized spacial score (nSPS) is 12.5. The molecule has 0 heterocycles. The van der Waals surface area contributed by atoms with E-state index in [2.05, 4.69) is 20.4 Å². The maximum absolute atomic E-state index is 10.7. The van der Waals surface area contributed by atoms with Gasteiger partial charge in [0.25, 0.3) is 0 Å². The van der Waals surface area contributed by atoms with Crippen molar-refractivity contribution in [1.29, 1.82) is 0 Å². The number of unbranched alkanes of at least 4 members (excludes halogenated alkanes) is 15. The lowest BCUT2D eigenvalue weighted by Gasteiger charge is -2.14. The Hall–Kier alpha value is -0.910. The second-order valence-corrected chi connectivity index (χ2v) is 9.44. The van der Waals surface area contributed by atoms with E-state index in [1.165, 1.54) is 96.0 Å². The van der Waals surface area contributed by atoms with Gasteiger partial charge in [-0.2, -0.15) is 0 Å². The van der Waals surface area contributed by atoms with Gasteiger partial charge in [-0.15, -0.1) is 0 Å². The molecule has 0 amide bonds. The SMILES string of the molecule is C=CC(=O)OCCCCCCCCCC.CCCCCCCCCCCC(O)COC(C)CO. The van der Waals surface area contributed by atoms with Gasteiger partial charge in [-0.1, -0.05) is 123 Å². The lowest BCUT2D eigenvalue weighted by molar-refractivity contribution is -0.137. The van der Waals surface area contributed by atoms with Crippen molar-refractivity contribution in [2.24, 2.45) is 0 Å². The first-order valence-corrected chi connectivity index (χ1v) is 14.2. The highest BCUT2D eigenvalue weighted by Gasteiger charge is 2.07. The molecule has 2 atom stereocenters. The third-order valence-electron chi connectivity index (χ3n) is 5.88. The van der Waals surface area contributed by atoms with E-state index in [1.54, 1.807) is 0 Å². The summed E-state index contributed by atoms with van der Waals surface area (Å²) in [4.78, 5) is 10.7. The minimum absolute atomic E-state index is 0.0186. The summed E-state index contributed by atoms with van der Waals surface area (Å²) in [6.45, 7) is 10.5. The molecule has 0 aliphatic carbocycles. The van der Waals surface area contributed by atoms with Gasteiger partial charge in [-0.25, -0.2) is 4.79 Å². The number of carbonyl (C=O) groups excluding carboxylic acids is 1. The maximum Gasteiger partial charge on any atom is 0.330 e. The summed E-state index contributed by atoms with van der Waals surface area (Å²) in [5.74, 6) is -0.307. The Bertz CT molecular complexity index is 413. The predicted octanol–water partition coefficient (Wildman–Crippen LogP) is 7.52. The summed E-state index contributed by atoms with van der Waals surface area (Å²) < 4.78 is 10.2. The van der Waals surface area contributed by atoms with Crippen molar-refractivity contribution in [3.8, 4) is 0 Å². The third kappa shape index (κ3) is 31.1. The highest BCUT2D eigenvalue weighted by atomic mass is 16.5. The summed E-state index contributed by atoms with van der Waals surface area (Å²) in [7, 11) is 0. The van der Waals surface area contributed by atoms with Crippen LogP contribution in [0.5, 0.6) is 0 Å². The molecule has 0 saturated heterocycles. The van der Waals surface area contributed by atoms with Crippen LogP contribution in [0.1, 0.15) is 136 Å². The molecule has 0 aliphatic heterocycles. The van der Waals surface area contributed by atoms with Crippen molar-refractivity contribution in [1.82, 2.24) is 0 Å². The summed E-state index contributed by atoms with van der Waals surface area (Å²) >= 11 is 0. The second-order valence-electron chi connectivity index (χ2n) is 9.44. The van der Waals surface area contributed by atoms with Crippen molar-refractivity contribution in [3.05, 3.63) is 12.7 Å². The quantitative estimate of drug-likeness (QED) is 0.0838. The number of carbonyl (C=O) groups is 1. The molecule has 0 spiro atoms. The molecule has 2 unspecified atom stereocenters. The molecule has 5 nitrogen and oxygen atoms in total. The summed E-state index contributed by atoms with van der Waals surface area (Å²) in [5, 5.41) is 18.5. The lowest BCUT2D eigenvalue weighted by atomic mass is 10.1. The molecule has 0 fully saturated rings. The van der Waals surface area contributed by atoms with E-state index in [4.69, 9.17) is 14.6 Å². The third-order valence-corrected chi connectivity index (χ3v) is 5.88. The Morgan fingerprint density at radius 3 is 1.68 bits per heavy atom. The zero-order valence-corrected chi connectivity index (χ0v) is 22.9. The molecular formula is C29H58O5. The smallest absolute Gasteiger partial charge is 0.330 e. The Kier molecular flexibility index (Phi) is 31.2. The molecule has 2 N–H and O–H groups in total. The maximum atomic E-state index is 10.7. The van der Waals surface area contributed by atoms with Gasteiger partial charge in [0, 0.05) is 6.08 Å². The zero-order valence-electron chi connectivity index (χ0n) is 22.9. The predicted molar refractivity (Wildman–Crippen MR) is 144 cm³/mol. The van der Waals surface area contributed by atoms with Gasteiger partial charge in [-0.3, -0.25) is 0 Å². The van der Waals surface area contributed by atoms with Crippen LogP contribution in [0, 0.1) is 0 Å². The molecule has 0 aromatic rings. The van der Waals surface area contributed by atoms with E-state index in [0.717, 1.165) is 25.7 Å². The van der Waals surface area contributed by atoms with Crippen LogP contribution in [-0.4, -0.2) is 48.2 Å². The van der Waals surface area contributed by atoms with Gasteiger partial charge in [0.05, 0.1) is 32.0 Å². The fourth-order valence-corrected chi connectivity index (χ4v) is 3.57. The number of hydrogen-bond acceptors (Lipinski definition) is 5. The number of aliphatic hydroxyl groups is 2. The summed E-state index contributed by atoms with van der Waals surface area (Å²) in [6.07, 6.45) is 23.3. The first kappa shape index (κ1) is 35.3. The second kappa shape index (κ2) is 30.1. The topological polar surface area (TPSA) is 76.0 Å². The molecule has 0 saturated carbocycles. The Labute approximate surface area is 211 Å². The standard InChI is InChI=1S/C16H34O3.C13H24O2/c1-3-4-5-6-7-8-9-10-11-12-16(18)14-19-15(2)13-17;1-3-5-6-7-8-9-10-11-12-15-13(14)4-2/h15-18H,3-14H2,1-2H3;4H,2-3,5-12H2,1H3. The fourth-order valence-electron chi connectivity index (χ4n) is 3.57. The van der Waals surface area contributed by atoms with E-state index in [-0.39, 0.29) is 24.8 Å². The van der Waals surface area contributed by atoms with E-state index < -0.39 is 0 Å². The Morgan fingerprint density at radius 1 is 0.794 bits per heavy atom. The van der Waals surface area contributed by atoms with E-state index in [1.807, 2.05) is 6.92 Å². The van der Waals surface area contributed by atoms with E-state index in [9.17, 15) is 9.90 Å². The molecule has 0 aromatic carbocycles. The number of aliphatic hydroxyl groups excluding tert-OH is 2. The molecule has 204 valence electrons. The molecule has 0 radical (unpaired) electrons. The van der Waals surface area contributed by atoms with Gasteiger partial charge >= 0.3 is 5.97 Å². The Balaban J connectivity index is 0. The van der Waals surface area contributed by atoms with E-state index >= 15 is 0 Å². The number of hydrogen-bond donors (Lipinski definition) is 2. The van der Waals surface area contributed by atoms with Crippen molar-refractivity contribution in [2.45, 2.75) is 149 Å². The molecule has 0 aromatic heterocycles. The largest absolute Gasteiger partial charge is 0.463 e. The highest BCUT2D eigenvalue weighted by molar-refractivity contribution is 5.81. The van der Waals surface area contributed by atoms with Crippen LogP contribution in [0.15, 0.2) is 12.7 Å². The van der Waals surface area contributed by atoms with Gasteiger partial charge < -0.3 is 19.7 Å². The van der Waals surface area contributed by atoms with Gasteiger partial charge in [0.15, 0.2) is 0 Å². The number of rotatable bonds is 24. The van der Waals surface area contributed by atoms with Crippen molar-refractivity contribution in [2.75, 3.05) is 19.8 Å². The minimum atomic E-state index is -0.376. The minimum Gasteiger partial charge on any atom is -0.463 e. The van der Waals surface area contributed by atoms with E-state index in [0.29, 0.717) is 13.2 Å². The molecule has 34 heavy (non-hydrogen) atoms. The van der Waals surface area contributed by atoms with Crippen LogP contribution in [0.4, 0.5) is 0 Å². The lowest BCUT2D eigenvalue weighted by Crippen LogP contribution is -2.21. The van der Waals surface area contributed by atoms with Crippen LogP contribution < -0.4 is 0 Å². The zero-order chi connectivity index (χ0) is 25.7. The van der Waals surface area contributed by atoms with Gasteiger partial charge in [0.1, 0.15) is 0 Å². The fraction of sp³-hybridized carbons (Fsp3) is 0.897. The summed E-state index contributed by atoms with van der Waals surface area (Å²) in [6, 6.07) is 0. The molecular weight excluding hydrogens is 428 g/mol.